The molecule has 150 valence electrons. The Labute approximate surface area is 160 Å². The second-order valence-corrected chi connectivity index (χ2v) is 10.3. The van der Waals surface area contributed by atoms with Gasteiger partial charge in [-0.15, -0.1) is 0 Å². The molecule has 0 aromatic heterocycles. The SMILES string of the molecule is CCO[Si](OCC)(OCC)c1ccccc1[Si](OCC)(OCC)OCC. The normalized spacial score (nSPS) is 12.5. The summed E-state index contributed by atoms with van der Waals surface area (Å²) in [6, 6.07) is 7.89. The van der Waals surface area contributed by atoms with Crippen LogP contribution in [-0.4, -0.2) is 57.3 Å². The monoisotopic (exact) mass is 402 g/mol. The average molecular weight is 403 g/mol. The summed E-state index contributed by atoms with van der Waals surface area (Å²) in [7, 11) is -6.24. The molecule has 0 fully saturated rings. The molecule has 26 heavy (non-hydrogen) atoms. The Morgan fingerprint density at radius 2 is 0.731 bits per heavy atom. The minimum atomic E-state index is -3.12. The summed E-state index contributed by atoms with van der Waals surface area (Å²) in [6.45, 7) is 14.6. The molecular weight excluding hydrogens is 368 g/mol. The van der Waals surface area contributed by atoms with Crippen LogP contribution in [0.5, 0.6) is 0 Å². The first-order valence-corrected chi connectivity index (χ1v) is 13.0. The van der Waals surface area contributed by atoms with Gasteiger partial charge in [0, 0.05) is 50.0 Å². The van der Waals surface area contributed by atoms with E-state index in [0.717, 1.165) is 10.4 Å². The molecule has 1 rings (SSSR count). The van der Waals surface area contributed by atoms with Gasteiger partial charge in [0.25, 0.3) is 0 Å². The summed E-state index contributed by atoms with van der Waals surface area (Å²) in [5.74, 6) is 0. The van der Waals surface area contributed by atoms with Gasteiger partial charge in [0.1, 0.15) is 0 Å². The van der Waals surface area contributed by atoms with Crippen molar-refractivity contribution in [2.24, 2.45) is 0 Å². The van der Waals surface area contributed by atoms with Crippen molar-refractivity contribution in [1.29, 1.82) is 0 Å². The van der Waals surface area contributed by atoms with Gasteiger partial charge in [-0.3, -0.25) is 0 Å². The van der Waals surface area contributed by atoms with E-state index >= 15 is 0 Å². The minimum absolute atomic E-state index is 0.493. The Balaban J connectivity index is 3.61. The van der Waals surface area contributed by atoms with Gasteiger partial charge >= 0.3 is 17.6 Å². The van der Waals surface area contributed by atoms with Crippen LogP contribution in [0.4, 0.5) is 0 Å². The Bertz CT molecular complexity index is 435. The van der Waals surface area contributed by atoms with Crippen molar-refractivity contribution in [3.63, 3.8) is 0 Å². The molecule has 0 heterocycles. The topological polar surface area (TPSA) is 55.4 Å². The number of benzene rings is 1. The standard InChI is InChI=1S/C18H34O6Si2/c1-7-19-25(20-8-2,21-9-3)17-15-13-14-16-18(17)26(22-10-4,23-11-5)24-12-6/h13-16H,7-12H2,1-6H3. The molecule has 0 aliphatic rings. The van der Waals surface area contributed by atoms with Gasteiger partial charge in [-0.05, 0) is 41.5 Å². The van der Waals surface area contributed by atoms with Crippen LogP contribution in [0.2, 0.25) is 0 Å². The summed E-state index contributed by atoms with van der Waals surface area (Å²) < 4.78 is 36.7. The molecule has 0 bridgehead atoms. The predicted molar refractivity (Wildman–Crippen MR) is 107 cm³/mol. The summed E-state index contributed by atoms with van der Waals surface area (Å²) in [6.07, 6.45) is 0. The van der Waals surface area contributed by atoms with Crippen LogP contribution in [0.1, 0.15) is 41.5 Å². The lowest BCUT2D eigenvalue weighted by molar-refractivity contribution is 0.0806. The molecule has 0 aliphatic carbocycles. The molecule has 0 amide bonds. The fraction of sp³-hybridized carbons (Fsp3) is 0.667. The van der Waals surface area contributed by atoms with Crippen LogP contribution in [-0.2, 0) is 26.6 Å². The van der Waals surface area contributed by atoms with E-state index in [4.69, 9.17) is 26.6 Å². The quantitative estimate of drug-likeness (QED) is 0.445. The maximum absolute atomic E-state index is 6.12. The summed E-state index contributed by atoms with van der Waals surface area (Å²) in [5.41, 5.74) is 0. The van der Waals surface area contributed by atoms with Crippen molar-refractivity contribution < 1.29 is 26.6 Å². The van der Waals surface area contributed by atoms with Crippen LogP contribution in [0.25, 0.3) is 0 Å². The number of hydrogen-bond donors (Lipinski definition) is 0. The molecule has 0 spiro atoms. The second-order valence-electron chi connectivity index (χ2n) is 5.26. The Morgan fingerprint density at radius 3 is 0.923 bits per heavy atom. The first-order valence-electron chi connectivity index (χ1n) is 9.53. The van der Waals surface area contributed by atoms with Gasteiger partial charge < -0.3 is 26.6 Å². The molecule has 0 radical (unpaired) electrons. The van der Waals surface area contributed by atoms with Crippen LogP contribution < -0.4 is 10.4 Å². The van der Waals surface area contributed by atoms with Crippen molar-refractivity contribution in [1.82, 2.24) is 0 Å². The van der Waals surface area contributed by atoms with Crippen molar-refractivity contribution in [2.75, 3.05) is 39.6 Å². The summed E-state index contributed by atoms with van der Waals surface area (Å²) >= 11 is 0. The first-order chi connectivity index (χ1) is 12.6. The van der Waals surface area contributed by atoms with E-state index in [0.29, 0.717) is 39.6 Å². The van der Waals surface area contributed by atoms with Gasteiger partial charge in [0.2, 0.25) is 0 Å². The molecule has 1 aromatic rings. The first kappa shape index (κ1) is 23.5. The molecule has 8 heteroatoms. The highest BCUT2D eigenvalue weighted by Crippen LogP contribution is 2.16. The van der Waals surface area contributed by atoms with Crippen molar-refractivity contribution in [2.45, 2.75) is 41.5 Å². The Morgan fingerprint density at radius 1 is 0.500 bits per heavy atom. The molecule has 0 N–H and O–H groups in total. The third-order valence-electron chi connectivity index (χ3n) is 3.59. The van der Waals surface area contributed by atoms with E-state index in [1.807, 2.05) is 65.8 Å². The van der Waals surface area contributed by atoms with Gasteiger partial charge in [-0.2, -0.15) is 0 Å². The van der Waals surface area contributed by atoms with Crippen molar-refractivity contribution in [3.05, 3.63) is 24.3 Å². The fourth-order valence-electron chi connectivity index (χ4n) is 2.87. The van der Waals surface area contributed by atoms with Gasteiger partial charge in [-0.25, -0.2) is 0 Å². The highest BCUT2D eigenvalue weighted by molar-refractivity contribution is 6.86. The van der Waals surface area contributed by atoms with E-state index in [2.05, 4.69) is 0 Å². The average Bonchev–Trinajstić information content (AvgIpc) is 2.63. The molecule has 0 aliphatic heterocycles. The van der Waals surface area contributed by atoms with Crippen LogP contribution in [0.15, 0.2) is 24.3 Å². The van der Waals surface area contributed by atoms with Gasteiger partial charge in [0.05, 0.1) is 0 Å². The molecule has 1 aromatic carbocycles. The van der Waals surface area contributed by atoms with E-state index < -0.39 is 17.6 Å². The van der Waals surface area contributed by atoms with E-state index in [1.165, 1.54) is 0 Å². The number of rotatable bonds is 14. The lowest BCUT2D eigenvalue weighted by Crippen LogP contribution is -2.70. The molecule has 0 unspecified atom stereocenters. The summed E-state index contributed by atoms with van der Waals surface area (Å²) in [5, 5.41) is 1.74. The lowest BCUT2D eigenvalue weighted by Gasteiger charge is -2.35. The van der Waals surface area contributed by atoms with E-state index in [9.17, 15) is 0 Å². The van der Waals surface area contributed by atoms with E-state index in [-0.39, 0.29) is 0 Å². The van der Waals surface area contributed by atoms with E-state index in [1.54, 1.807) is 0 Å². The molecular formula is C18H34O6Si2. The highest BCUT2D eigenvalue weighted by Gasteiger charge is 2.53. The lowest BCUT2D eigenvalue weighted by atomic mass is 10.4. The van der Waals surface area contributed by atoms with Crippen LogP contribution in [0, 0.1) is 0 Å². The minimum Gasteiger partial charge on any atom is -0.370 e. The molecule has 0 saturated carbocycles. The van der Waals surface area contributed by atoms with Gasteiger partial charge in [-0.1, -0.05) is 24.3 Å². The zero-order valence-electron chi connectivity index (χ0n) is 17.0. The van der Waals surface area contributed by atoms with Crippen molar-refractivity contribution in [3.8, 4) is 0 Å². The predicted octanol–water partition coefficient (Wildman–Crippen LogP) is 2.20. The zero-order chi connectivity index (χ0) is 19.5. The number of hydrogen-bond acceptors (Lipinski definition) is 6. The van der Waals surface area contributed by atoms with Crippen LogP contribution >= 0.6 is 0 Å². The maximum atomic E-state index is 6.12. The fourth-order valence-corrected chi connectivity index (χ4v) is 8.93. The highest BCUT2D eigenvalue weighted by atomic mass is 28.4. The Kier molecular flexibility index (Phi) is 10.8. The maximum Gasteiger partial charge on any atom is 0.537 e. The molecule has 6 nitrogen and oxygen atoms in total. The third-order valence-corrected chi connectivity index (χ3v) is 10.0. The van der Waals surface area contributed by atoms with Crippen molar-refractivity contribution >= 4 is 28.0 Å². The summed E-state index contributed by atoms with van der Waals surface area (Å²) in [4.78, 5) is 0. The smallest absolute Gasteiger partial charge is 0.370 e. The third kappa shape index (κ3) is 5.46. The van der Waals surface area contributed by atoms with Gasteiger partial charge in [0.15, 0.2) is 0 Å². The zero-order valence-corrected chi connectivity index (χ0v) is 19.0. The Hall–Kier alpha value is -0.586. The largest absolute Gasteiger partial charge is 0.537 e. The second kappa shape index (κ2) is 12.0. The van der Waals surface area contributed by atoms with Crippen LogP contribution in [0.3, 0.4) is 0 Å². The molecule has 0 saturated heterocycles. The molecule has 0 atom stereocenters.